The minimum Gasteiger partial charge on any atom is -0.368 e. The van der Waals surface area contributed by atoms with Gasteiger partial charge in [-0.3, -0.25) is 4.79 Å². The third-order valence-corrected chi connectivity index (χ3v) is 1.33. The zero-order valence-electron chi connectivity index (χ0n) is 6.86. The molecule has 0 aromatic rings. The lowest BCUT2D eigenvalue weighted by molar-refractivity contribution is -0.119. The molecular formula is C6H17Cl2N3O. The van der Waals surface area contributed by atoms with Gasteiger partial charge in [0.15, 0.2) is 0 Å². The van der Waals surface area contributed by atoms with E-state index in [1.807, 2.05) is 0 Å². The highest BCUT2D eigenvalue weighted by Gasteiger charge is 2.06. The highest BCUT2D eigenvalue weighted by atomic mass is 35.5. The zero-order valence-corrected chi connectivity index (χ0v) is 8.50. The van der Waals surface area contributed by atoms with Gasteiger partial charge in [-0.15, -0.1) is 24.8 Å². The van der Waals surface area contributed by atoms with Gasteiger partial charge in [0.25, 0.3) is 0 Å². The fraction of sp³-hybridized carbons (Fsp3) is 0.833. The van der Waals surface area contributed by atoms with E-state index in [9.17, 15) is 4.79 Å². The van der Waals surface area contributed by atoms with Crippen LogP contribution >= 0.6 is 24.8 Å². The first-order valence-corrected chi connectivity index (χ1v) is 3.43. The molecule has 1 amide bonds. The van der Waals surface area contributed by atoms with E-state index < -0.39 is 11.9 Å². The van der Waals surface area contributed by atoms with Crippen LogP contribution in [0.2, 0.25) is 0 Å². The Hall–Kier alpha value is -0.0300. The minimum absolute atomic E-state index is 0. The van der Waals surface area contributed by atoms with Crippen molar-refractivity contribution in [3.8, 4) is 0 Å². The molecule has 6 heteroatoms. The van der Waals surface area contributed by atoms with E-state index in [4.69, 9.17) is 17.2 Å². The molecular weight excluding hydrogens is 201 g/mol. The molecule has 76 valence electrons. The van der Waals surface area contributed by atoms with Crippen LogP contribution in [0.1, 0.15) is 19.3 Å². The number of halogens is 2. The lowest BCUT2D eigenvalue weighted by atomic mass is 10.1. The van der Waals surface area contributed by atoms with Crippen LogP contribution in [0.3, 0.4) is 0 Å². The highest BCUT2D eigenvalue weighted by molar-refractivity contribution is 5.85. The molecule has 6 N–H and O–H groups in total. The summed E-state index contributed by atoms with van der Waals surface area (Å²) >= 11 is 0. The van der Waals surface area contributed by atoms with Gasteiger partial charge >= 0.3 is 0 Å². The first kappa shape index (κ1) is 17.9. The predicted octanol–water partition coefficient (Wildman–Crippen LogP) is -0.228. The van der Waals surface area contributed by atoms with Gasteiger partial charge in [0, 0.05) is 0 Å². The summed E-state index contributed by atoms with van der Waals surface area (Å²) in [6.07, 6.45) is 2.42. The quantitative estimate of drug-likeness (QED) is 0.556. The molecule has 0 aliphatic carbocycles. The van der Waals surface area contributed by atoms with Crippen molar-refractivity contribution >= 4 is 30.7 Å². The second kappa shape index (κ2) is 11.0. The number of primary amides is 1. The van der Waals surface area contributed by atoms with Crippen LogP contribution in [0.5, 0.6) is 0 Å². The van der Waals surface area contributed by atoms with Gasteiger partial charge in [-0.1, -0.05) is 6.42 Å². The maximum absolute atomic E-state index is 10.4. The van der Waals surface area contributed by atoms with Crippen LogP contribution in [-0.4, -0.2) is 18.5 Å². The van der Waals surface area contributed by atoms with Gasteiger partial charge < -0.3 is 17.2 Å². The monoisotopic (exact) mass is 217 g/mol. The molecule has 0 aliphatic rings. The minimum atomic E-state index is -0.494. The summed E-state index contributed by atoms with van der Waals surface area (Å²) in [5.41, 5.74) is 15.5. The Labute approximate surface area is 85.1 Å². The number of hydrogen-bond acceptors (Lipinski definition) is 3. The molecule has 0 aromatic heterocycles. The molecule has 0 rings (SSSR count). The Bertz CT molecular complexity index is 113. The van der Waals surface area contributed by atoms with Gasteiger partial charge in [0.2, 0.25) is 5.91 Å². The molecule has 0 aliphatic heterocycles. The van der Waals surface area contributed by atoms with Crippen LogP contribution in [0.25, 0.3) is 0 Å². The van der Waals surface area contributed by atoms with Crippen LogP contribution in [0.15, 0.2) is 0 Å². The average Bonchev–Trinajstić information content (AvgIpc) is 1.88. The molecule has 0 spiro atoms. The number of amides is 1. The molecule has 4 nitrogen and oxygen atoms in total. The Morgan fingerprint density at radius 3 is 2.08 bits per heavy atom. The number of unbranched alkanes of at least 4 members (excludes halogenated alkanes) is 1. The van der Waals surface area contributed by atoms with E-state index in [0.29, 0.717) is 13.0 Å². The summed E-state index contributed by atoms with van der Waals surface area (Å²) in [5, 5.41) is 0. The van der Waals surface area contributed by atoms with Crippen molar-refractivity contribution in [3.05, 3.63) is 0 Å². The number of hydrogen-bond donors (Lipinski definition) is 3. The van der Waals surface area contributed by atoms with Crippen molar-refractivity contribution in [3.63, 3.8) is 0 Å². The number of rotatable bonds is 5. The number of carbonyl (C=O) groups is 1. The van der Waals surface area contributed by atoms with Gasteiger partial charge in [-0.2, -0.15) is 0 Å². The maximum atomic E-state index is 10.4. The summed E-state index contributed by atoms with van der Waals surface area (Å²) in [5.74, 6) is -0.433. The Balaban J connectivity index is -0.000000405. The largest absolute Gasteiger partial charge is 0.368 e. The highest BCUT2D eigenvalue weighted by Crippen LogP contribution is 1.96. The second-order valence-corrected chi connectivity index (χ2v) is 2.29. The molecule has 0 saturated carbocycles. The summed E-state index contributed by atoms with van der Waals surface area (Å²) in [7, 11) is 0. The van der Waals surface area contributed by atoms with Crippen molar-refractivity contribution in [2.45, 2.75) is 25.3 Å². The van der Waals surface area contributed by atoms with E-state index in [0.717, 1.165) is 12.8 Å². The topological polar surface area (TPSA) is 95.1 Å². The van der Waals surface area contributed by atoms with Gasteiger partial charge in [0.05, 0.1) is 6.04 Å². The van der Waals surface area contributed by atoms with Crippen LogP contribution < -0.4 is 17.2 Å². The lowest BCUT2D eigenvalue weighted by Crippen LogP contribution is -2.36. The molecule has 0 bridgehead atoms. The Morgan fingerprint density at radius 1 is 1.25 bits per heavy atom. The van der Waals surface area contributed by atoms with Crippen molar-refractivity contribution in [1.82, 2.24) is 0 Å². The second-order valence-electron chi connectivity index (χ2n) is 2.29. The van der Waals surface area contributed by atoms with E-state index in [1.54, 1.807) is 0 Å². The molecule has 12 heavy (non-hydrogen) atoms. The Morgan fingerprint density at radius 2 is 1.75 bits per heavy atom. The van der Waals surface area contributed by atoms with Crippen molar-refractivity contribution in [2.75, 3.05) is 6.54 Å². The summed E-state index contributed by atoms with van der Waals surface area (Å²) in [6.45, 7) is 0.644. The maximum Gasteiger partial charge on any atom is 0.234 e. The molecule has 0 radical (unpaired) electrons. The first-order valence-electron chi connectivity index (χ1n) is 3.43. The standard InChI is InChI=1S/C6H15N3O.2ClH/c7-4-2-1-3-5(8)6(9)10;;/h5H,1-4,7-8H2,(H2,9,10);2*1H/t5-;;/m1../s1. The third kappa shape index (κ3) is 9.97. The zero-order chi connectivity index (χ0) is 7.98. The first-order chi connectivity index (χ1) is 4.68. The van der Waals surface area contributed by atoms with E-state index >= 15 is 0 Å². The van der Waals surface area contributed by atoms with Crippen molar-refractivity contribution < 1.29 is 4.79 Å². The fourth-order valence-electron chi connectivity index (χ4n) is 0.651. The van der Waals surface area contributed by atoms with E-state index in [2.05, 4.69) is 0 Å². The van der Waals surface area contributed by atoms with Crippen LogP contribution in [0, 0.1) is 0 Å². The molecule has 0 aromatic carbocycles. The smallest absolute Gasteiger partial charge is 0.234 e. The van der Waals surface area contributed by atoms with Gasteiger partial charge in [-0.25, -0.2) is 0 Å². The number of nitrogens with two attached hydrogens (primary N) is 3. The van der Waals surface area contributed by atoms with Gasteiger partial charge in [-0.05, 0) is 19.4 Å². The van der Waals surface area contributed by atoms with Gasteiger partial charge in [0.1, 0.15) is 0 Å². The van der Waals surface area contributed by atoms with Crippen molar-refractivity contribution in [1.29, 1.82) is 0 Å². The van der Waals surface area contributed by atoms with E-state index in [1.165, 1.54) is 0 Å². The van der Waals surface area contributed by atoms with Crippen LogP contribution in [0.4, 0.5) is 0 Å². The summed E-state index contributed by atoms with van der Waals surface area (Å²) in [6, 6.07) is -0.494. The molecule has 0 heterocycles. The molecule has 0 fully saturated rings. The predicted molar refractivity (Wildman–Crippen MR) is 54.6 cm³/mol. The Kier molecular flexibility index (Phi) is 16.4. The summed E-state index contributed by atoms with van der Waals surface area (Å²) < 4.78 is 0. The average molecular weight is 218 g/mol. The lowest BCUT2D eigenvalue weighted by Gasteiger charge is -2.04. The fourth-order valence-corrected chi connectivity index (χ4v) is 0.651. The van der Waals surface area contributed by atoms with Crippen molar-refractivity contribution in [2.24, 2.45) is 17.2 Å². The molecule has 1 atom stereocenters. The summed E-state index contributed by atoms with van der Waals surface area (Å²) in [4.78, 5) is 10.4. The number of carbonyl (C=O) groups excluding carboxylic acids is 1. The van der Waals surface area contributed by atoms with E-state index in [-0.39, 0.29) is 24.8 Å². The third-order valence-electron chi connectivity index (χ3n) is 1.33. The van der Waals surface area contributed by atoms with Crippen LogP contribution in [-0.2, 0) is 4.79 Å². The molecule has 0 unspecified atom stereocenters. The molecule has 0 saturated heterocycles. The SMILES string of the molecule is Cl.Cl.NCCCC[C@@H](N)C(N)=O. The normalized spacial score (nSPS) is 10.8.